The van der Waals surface area contributed by atoms with Gasteiger partial charge < -0.3 is 25.4 Å². The molecule has 2 aromatic carbocycles. The first-order valence-electron chi connectivity index (χ1n) is 11.8. The van der Waals surface area contributed by atoms with E-state index in [2.05, 4.69) is 20.5 Å². The number of H-pyrrole nitrogens is 1. The Bertz CT molecular complexity index is 1190. The first-order chi connectivity index (χ1) is 17.1. The van der Waals surface area contributed by atoms with Crippen LogP contribution in [0.4, 0.5) is 22.4 Å². The predicted molar refractivity (Wildman–Crippen MR) is 142 cm³/mol. The first-order valence-corrected chi connectivity index (χ1v) is 12.5. The van der Waals surface area contributed by atoms with Crippen LogP contribution >= 0.6 is 23.2 Å². The Hall–Kier alpha value is -3.17. The highest BCUT2D eigenvalue weighted by Crippen LogP contribution is 2.38. The smallest absolute Gasteiger partial charge is 0.410 e. The summed E-state index contributed by atoms with van der Waals surface area (Å²) in [6, 6.07) is 11.2. The van der Waals surface area contributed by atoms with Gasteiger partial charge in [0, 0.05) is 30.3 Å². The summed E-state index contributed by atoms with van der Waals surface area (Å²) in [5, 5.41) is 10.5. The molecule has 36 heavy (non-hydrogen) atoms. The van der Waals surface area contributed by atoms with Gasteiger partial charge in [-0.05, 0) is 63.4 Å². The normalized spacial score (nSPS) is 15.7. The van der Waals surface area contributed by atoms with Crippen molar-refractivity contribution >= 4 is 46.9 Å². The van der Waals surface area contributed by atoms with Crippen molar-refractivity contribution in [1.82, 2.24) is 20.1 Å². The Balaban J connectivity index is 1.35. The number of nitrogens with one attached hydrogen (secondary N) is 2. The lowest BCUT2D eigenvalue weighted by atomic mass is 10.0. The van der Waals surface area contributed by atoms with Gasteiger partial charge in [-0.3, -0.25) is 0 Å². The van der Waals surface area contributed by atoms with Crippen molar-refractivity contribution in [3.63, 3.8) is 0 Å². The van der Waals surface area contributed by atoms with Crippen LogP contribution in [-0.4, -0.2) is 51.0 Å². The summed E-state index contributed by atoms with van der Waals surface area (Å²) < 4.78 is 11.5. The number of benzene rings is 2. The van der Waals surface area contributed by atoms with Gasteiger partial charge >= 0.3 is 6.09 Å². The Labute approximate surface area is 220 Å². The molecule has 1 aromatic heterocycles. The topological polar surface area (TPSA) is 118 Å². The predicted octanol–water partition coefficient (Wildman–Crippen LogP) is 6.27. The fraction of sp³-hybridized carbons (Fsp3) is 0.400. The molecule has 3 aromatic rings. The zero-order chi connectivity index (χ0) is 25.9. The molecule has 1 aliphatic rings. The van der Waals surface area contributed by atoms with E-state index in [4.69, 9.17) is 38.4 Å². The number of aromatic nitrogens is 3. The van der Waals surface area contributed by atoms with Gasteiger partial charge in [-0.25, -0.2) is 9.89 Å². The van der Waals surface area contributed by atoms with Crippen LogP contribution in [0.3, 0.4) is 0 Å². The van der Waals surface area contributed by atoms with Gasteiger partial charge in [0.15, 0.2) is 0 Å². The summed E-state index contributed by atoms with van der Waals surface area (Å²) in [5.41, 5.74) is 7.26. The molecule has 1 amide bonds. The molecule has 4 rings (SSSR count). The molecule has 2 heterocycles. The second-order valence-corrected chi connectivity index (χ2v) is 10.4. The summed E-state index contributed by atoms with van der Waals surface area (Å²) in [6.45, 7) is 6.85. The average Bonchev–Trinajstić information content (AvgIpc) is 3.42. The van der Waals surface area contributed by atoms with Gasteiger partial charge in [0.2, 0.25) is 11.9 Å². The van der Waals surface area contributed by atoms with E-state index in [1.54, 1.807) is 12.1 Å². The molecular weight excluding hydrogens is 503 g/mol. The summed E-state index contributed by atoms with van der Waals surface area (Å²) in [6.07, 6.45) is 2.41. The third-order valence-corrected chi connectivity index (χ3v) is 6.27. The molecular formula is C25H30Cl2N6O3. The number of ether oxygens (including phenoxy) is 2. The Morgan fingerprint density at radius 3 is 2.53 bits per heavy atom. The van der Waals surface area contributed by atoms with Crippen LogP contribution in [0, 0.1) is 0 Å². The van der Waals surface area contributed by atoms with Crippen LogP contribution < -0.4 is 15.8 Å². The van der Waals surface area contributed by atoms with Gasteiger partial charge in [-0.1, -0.05) is 35.3 Å². The maximum atomic E-state index is 12.5. The zero-order valence-corrected chi connectivity index (χ0v) is 22.0. The number of carbonyl (C=O) groups excluding carboxylic acids is 1. The van der Waals surface area contributed by atoms with Crippen molar-refractivity contribution in [2.24, 2.45) is 0 Å². The van der Waals surface area contributed by atoms with Crippen LogP contribution in [0.2, 0.25) is 10.0 Å². The molecule has 192 valence electrons. The molecule has 0 aliphatic carbocycles. The number of carbonyl (C=O) groups is 1. The summed E-state index contributed by atoms with van der Waals surface area (Å²) in [5.74, 6) is 1.26. The van der Waals surface area contributed by atoms with E-state index < -0.39 is 5.60 Å². The van der Waals surface area contributed by atoms with Crippen molar-refractivity contribution < 1.29 is 14.3 Å². The second kappa shape index (κ2) is 10.8. The molecule has 0 saturated carbocycles. The number of nitrogens with two attached hydrogens (primary N) is 1. The second-order valence-electron chi connectivity index (χ2n) is 9.62. The molecule has 11 heteroatoms. The monoisotopic (exact) mass is 532 g/mol. The van der Waals surface area contributed by atoms with E-state index in [9.17, 15) is 4.79 Å². The number of nitrogen functional groups attached to an aromatic ring is 1. The maximum Gasteiger partial charge on any atom is 0.410 e. The van der Waals surface area contributed by atoms with Crippen LogP contribution in [0.5, 0.6) is 5.75 Å². The van der Waals surface area contributed by atoms with Crippen molar-refractivity contribution in [1.29, 1.82) is 0 Å². The number of nitrogens with zero attached hydrogens (tertiary/aromatic N) is 3. The molecule has 9 nitrogen and oxygen atoms in total. The third kappa shape index (κ3) is 6.53. The molecule has 1 saturated heterocycles. The van der Waals surface area contributed by atoms with E-state index >= 15 is 0 Å². The van der Waals surface area contributed by atoms with Gasteiger partial charge in [0.05, 0.1) is 16.7 Å². The molecule has 0 bridgehead atoms. The van der Waals surface area contributed by atoms with Crippen molar-refractivity contribution in [3.8, 4) is 16.9 Å². The fourth-order valence-corrected chi connectivity index (χ4v) is 4.81. The average molecular weight is 533 g/mol. The summed E-state index contributed by atoms with van der Waals surface area (Å²) in [7, 11) is 0. The molecule has 1 atom stereocenters. The van der Waals surface area contributed by atoms with Crippen LogP contribution in [-0.2, 0) is 4.74 Å². The third-order valence-electron chi connectivity index (χ3n) is 5.67. The number of likely N-dealkylation sites (tertiary alicyclic amines) is 1. The van der Waals surface area contributed by atoms with Crippen LogP contribution in [0.1, 0.15) is 40.0 Å². The Morgan fingerprint density at radius 2 is 1.92 bits per heavy atom. The minimum atomic E-state index is -0.504. The molecule has 0 spiro atoms. The number of anilines is 3. The fourth-order valence-electron chi connectivity index (χ4n) is 4.11. The van der Waals surface area contributed by atoms with Crippen LogP contribution in [0.15, 0.2) is 36.4 Å². The quantitative estimate of drug-likeness (QED) is 0.327. The highest BCUT2D eigenvalue weighted by Gasteiger charge is 2.31. The minimum absolute atomic E-state index is 0.122. The summed E-state index contributed by atoms with van der Waals surface area (Å²) in [4.78, 5) is 18.3. The van der Waals surface area contributed by atoms with E-state index in [0.717, 1.165) is 37.1 Å². The largest absolute Gasteiger partial charge is 0.494 e. The van der Waals surface area contributed by atoms with E-state index in [0.29, 0.717) is 33.9 Å². The number of halogens is 2. The molecule has 1 fully saturated rings. The number of amides is 1. The standard InChI is InChI=1S/C25H30Cl2N6O3/c1-25(2,3)36-24(34)33-11-4-5-17(33)10-12-35-18-8-6-15(7-9-18)21-19(26)13-16(14-20(21)27)29-23-30-22(28)31-32-23/h6-9,13-14,17H,4-5,10-12H2,1-3H3,(H4,28,29,30,31,32). The summed E-state index contributed by atoms with van der Waals surface area (Å²) >= 11 is 13.1. The van der Waals surface area contributed by atoms with Crippen molar-refractivity contribution in [2.45, 2.75) is 51.7 Å². The van der Waals surface area contributed by atoms with E-state index in [-0.39, 0.29) is 18.1 Å². The highest BCUT2D eigenvalue weighted by atomic mass is 35.5. The van der Waals surface area contributed by atoms with Gasteiger partial charge in [-0.2, -0.15) is 4.98 Å². The minimum Gasteiger partial charge on any atom is -0.494 e. The molecule has 1 unspecified atom stereocenters. The SMILES string of the molecule is CC(C)(C)OC(=O)N1CCCC1CCOc1ccc(-c2c(Cl)cc(Nc3n[nH]c(N)n3)cc2Cl)cc1. The molecule has 1 aliphatic heterocycles. The van der Waals surface area contributed by atoms with Crippen molar-refractivity contribution in [3.05, 3.63) is 46.4 Å². The number of aromatic amines is 1. The first kappa shape index (κ1) is 25.9. The number of hydrogen-bond acceptors (Lipinski definition) is 7. The highest BCUT2D eigenvalue weighted by molar-refractivity contribution is 6.39. The van der Waals surface area contributed by atoms with Crippen molar-refractivity contribution in [2.75, 3.05) is 24.2 Å². The maximum absolute atomic E-state index is 12.5. The molecule has 0 radical (unpaired) electrons. The van der Waals surface area contributed by atoms with E-state index in [1.165, 1.54) is 0 Å². The lowest BCUT2D eigenvalue weighted by molar-refractivity contribution is 0.0211. The van der Waals surface area contributed by atoms with Crippen LogP contribution in [0.25, 0.3) is 11.1 Å². The van der Waals surface area contributed by atoms with E-state index in [1.807, 2.05) is 49.9 Å². The van der Waals surface area contributed by atoms with Gasteiger partial charge in [0.1, 0.15) is 11.4 Å². The van der Waals surface area contributed by atoms with Gasteiger partial charge in [-0.15, -0.1) is 5.10 Å². The molecule has 4 N–H and O–H groups in total. The Morgan fingerprint density at radius 1 is 1.22 bits per heavy atom. The lowest BCUT2D eigenvalue weighted by Gasteiger charge is -2.28. The zero-order valence-electron chi connectivity index (χ0n) is 20.5. The Kier molecular flexibility index (Phi) is 7.80. The number of hydrogen-bond donors (Lipinski definition) is 3. The number of rotatable bonds is 7. The van der Waals surface area contributed by atoms with Gasteiger partial charge in [0.25, 0.3) is 0 Å². The lowest BCUT2D eigenvalue weighted by Crippen LogP contribution is -2.40.